The lowest BCUT2D eigenvalue weighted by Crippen LogP contribution is -2.42. The third-order valence-electron chi connectivity index (χ3n) is 4.58. The number of aromatic nitrogens is 4. The second-order valence-corrected chi connectivity index (χ2v) is 8.09. The van der Waals surface area contributed by atoms with Crippen molar-refractivity contribution in [3.8, 4) is 0 Å². The zero-order chi connectivity index (χ0) is 23.0. The lowest BCUT2D eigenvalue weighted by Gasteiger charge is -2.24. The average Bonchev–Trinajstić information content (AvgIpc) is 2.71. The minimum absolute atomic E-state index is 0.0201. The number of nitrogens with two attached hydrogens (primary N) is 1. The summed E-state index contributed by atoms with van der Waals surface area (Å²) in [4.78, 5) is 60.2. The highest BCUT2D eigenvalue weighted by molar-refractivity contribution is 7.99. The summed E-state index contributed by atoms with van der Waals surface area (Å²) in [6, 6.07) is 1.44. The number of H-pyrrole nitrogens is 2. The largest absolute Gasteiger partial charge is 0.383 e. The molecule has 11 heteroatoms. The molecule has 1 amide bonds. The Labute approximate surface area is 184 Å². The van der Waals surface area contributed by atoms with Gasteiger partial charge >= 0.3 is 5.69 Å². The molecule has 2 aromatic rings. The molecule has 4 N–H and O–H groups in total. The van der Waals surface area contributed by atoms with Gasteiger partial charge in [-0.15, -0.1) is 0 Å². The molecule has 170 valence electrons. The van der Waals surface area contributed by atoms with Crippen LogP contribution in [0, 0.1) is 0 Å². The van der Waals surface area contributed by atoms with Gasteiger partial charge in [0.1, 0.15) is 5.82 Å². The Kier molecular flexibility index (Phi) is 9.10. The maximum Gasteiger partial charge on any atom is 0.330 e. The molecule has 0 saturated carbocycles. The van der Waals surface area contributed by atoms with Gasteiger partial charge in [0.25, 0.3) is 11.1 Å². The predicted octanol–water partition coefficient (Wildman–Crippen LogP) is 1.49. The molecule has 0 fully saturated rings. The average molecular weight is 451 g/mol. The number of nitrogens with zero attached hydrogens (tertiary/aromatic N) is 3. The van der Waals surface area contributed by atoms with Crippen LogP contribution in [-0.2, 0) is 17.8 Å². The molecule has 2 aromatic heterocycles. The molecule has 0 saturated heterocycles. The number of nitrogen functional groups attached to an aromatic ring is 1. The zero-order valence-corrected chi connectivity index (χ0v) is 19.0. The van der Waals surface area contributed by atoms with Gasteiger partial charge in [-0.05, 0) is 19.3 Å². The van der Waals surface area contributed by atoms with Crippen LogP contribution in [-0.4, -0.2) is 37.7 Å². The van der Waals surface area contributed by atoms with E-state index in [-0.39, 0.29) is 35.3 Å². The fraction of sp³-hybridized carbons (Fsp3) is 0.550. The summed E-state index contributed by atoms with van der Waals surface area (Å²) in [6.45, 7) is 6.46. The summed E-state index contributed by atoms with van der Waals surface area (Å²) in [5.74, 6) is -0.434. The molecule has 0 bridgehead atoms. The number of hydrogen-bond donors (Lipinski definition) is 3. The van der Waals surface area contributed by atoms with Crippen molar-refractivity contribution >= 4 is 29.2 Å². The number of anilines is 2. The van der Waals surface area contributed by atoms with E-state index in [0.717, 1.165) is 24.6 Å². The molecular weight excluding hydrogens is 420 g/mol. The van der Waals surface area contributed by atoms with Crippen molar-refractivity contribution in [2.24, 2.45) is 0 Å². The number of nitrogens with one attached hydrogen (secondary N) is 2. The van der Waals surface area contributed by atoms with Gasteiger partial charge in [-0.25, -0.2) is 9.78 Å². The van der Waals surface area contributed by atoms with Crippen LogP contribution in [0.5, 0.6) is 0 Å². The number of rotatable bonds is 11. The van der Waals surface area contributed by atoms with Crippen LogP contribution < -0.4 is 27.4 Å². The molecule has 0 atom stereocenters. The minimum atomic E-state index is -0.694. The molecule has 2 rings (SSSR count). The maximum absolute atomic E-state index is 13.1. The van der Waals surface area contributed by atoms with Gasteiger partial charge in [0.2, 0.25) is 5.91 Å². The molecule has 0 aromatic carbocycles. The minimum Gasteiger partial charge on any atom is -0.383 e. The number of aromatic amines is 2. The van der Waals surface area contributed by atoms with E-state index in [1.54, 1.807) is 0 Å². The highest BCUT2D eigenvalue weighted by Gasteiger charge is 2.24. The van der Waals surface area contributed by atoms with Crippen molar-refractivity contribution in [3.63, 3.8) is 0 Å². The summed E-state index contributed by atoms with van der Waals surface area (Å²) in [5, 5.41) is 0.345. The second kappa shape index (κ2) is 11.5. The molecule has 10 nitrogen and oxygen atoms in total. The lowest BCUT2D eigenvalue weighted by molar-refractivity contribution is -0.116. The summed E-state index contributed by atoms with van der Waals surface area (Å²) < 4.78 is 1.27. The number of hydrogen-bond acceptors (Lipinski definition) is 7. The first-order chi connectivity index (χ1) is 14.8. The van der Waals surface area contributed by atoms with Crippen LogP contribution >= 0.6 is 11.8 Å². The van der Waals surface area contributed by atoms with Gasteiger partial charge < -0.3 is 15.6 Å². The van der Waals surface area contributed by atoms with Gasteiger partial charge in [-0.2, -0.15) is 0 Å². The SMILES string of the molecule is CCCCN(C(=O)CSc1nc(CCC)cc(=O)[nH]1)c1c(N)n(CCC)c(=O)[nH]c1=O. The van der Waals surface area contributed by atoms with Crippen molar-refractivity contribution in [1.29, 1.82) is 0 Å². The van der Waals surface area contributed by atoms with E-state index < -0.39 is 11.2 Å². The summed E-state index contributed by atoms with van der Waals surface area (Å²) in [6.07, 6.45) is 3.61. The molecule has 0 aliphatic heterocycles. The van der Waals surface area contributed by atoms with Gasteiger partial charge in [-0.1, -0.05) is 45.4 Å². The molecule has 0 aliphatic rings. The number of unbranched alkanes of at least 4 members (excludes halogenated alkanes) is 1. The van der Waals surface area contributed by atoms with E-state index in [9.17, 15) is 19.2 Å². The topological polar surface area (TPSA) is 147 Å². The molecular formula is C20H30N6O4S. The van der Waals surface area contributed by atoms with Crippen LogP contribution in [0.1, 0.15) is 52.1 Å². The predicted molar refractivity (Wildman–Crippen MR) is 123 cm³/mol. The summed E-state index contributed by atoms with van der Waals surface area (Å²) in [7, 11) is 0. The van der Waals surface area contributed by atoms with Crippen LogP contribution in [0.2, 0.25) is 0 Å². The van der Waals surface area contributed by atoms with E-state index in [1.807, 2.05) is 20.8 Å². The molecule has 0 radical (unpaired) electrons. The van der Waals surface area contributed by atoms with Gasteiger partial charge in [-0.3, -0.25) is 23.9 Å². The number of aryl methyl sites for hydroxylation is 1. The van der Waals surface area contributed by atoms with E-state index in [2.05, 4.69) is 15.0 Å². The van der Waals surface area contributed by atoms with E-state index in [0.29, 0.717) is 36.7 Å². The number of thioether (sulfide) groups is 1. The Morgan fingerprint density at radius 1 is 1.16 bits per heavy atom. The Bertz CT molecular complexity index is 1070. The third-order valence-corrected chi connectivity index (χ3v) is 5.44. The highest BCUT2D eigenvalue weighted by Crippen LogP contribution is 2.20. The molecule has 31 heavy (non-hydrogen) atoms. The normalized spacial score (nSPS) is 10.9. The monoisotopic (exact) mass is 450 g/mol. The van der Waals surface area contributed by atoms with E-state index in [4.69, 9.17) is 5.73 Å². The van der Waals surface area contributed by atoms with Crippen molar-refractivity contribution in [2.75, 3.05) is 22.9 Å². The first-order valence-corrected chi connectivity index (χ1v) is 11.5. The molecule has 0 aliphatic carbocycles. The van der Waals surface area contributed by atoms with Crippen LogP contribution in [0.4, 0.5) is 11.5 Å². The quantitative estimate of drug-likeness (QED) is 0.347. The second-order valence-electron chi connectivity index (χ2n) is 7.12. The van der Waals surface area contributed by atoms with Gasteiger partial charge in [0.15, 0.2) is 10.8 Å². The smallest absolute Gasteiger partial charge is 0.330 e. The number of amides is 1. The van der Waals surface area contributed by atoms with Crippen LogP contribution in [0.25, 0.3) is 0 Å². The fourth-order valence-electron chi connectivity index (χ4n) is 3.11. The maximum atomic E-state index is 13.1. The standard InChI is InChI=1S/C20H30N6O4S/c1-4-7-10-25(16-17(21)26(9-6-3)20(30)24-18(16)29)15(28)12-31-19-22-13(8-5-2)11-14(27)23-19/h11H,4-10,12,21H2,1-3H3,(H,22,23,27)(H,24,29,30). The first kappa shape index (κ1) is 24.4. The van der Waals surface area contributed by atoms with Crippen molar-refractivity contribution < 1.29 is 4.79 Å². The van der Waals surface area contributed by atoms with Crippen molar-refractivity contribution in [2.45, 2.75) is 64.6 Å². The van der Waals surface area contributed by atoms with Gasteiger partial charge in [0.05, 0.1) is 5.75 Å². The molecule has 2 heterocycles. The first-order valence-electron chi connectivity index (χ1n) is 10.5. The Morgan fingerprint density at radius 3 is 2.55 bits per heavy atom. The Hall–Kier alpha value is -2.82. The lowest BCUT2D eigenvalue weighted by atomic mass is 10.2. The molecule has 0 spiro atoms. The van der Waals surface area contributed by atoms with Crippen molar-refractivity contribution in [3.05, 3.63) is 43.0 Å². The zero-order valence-electron chi connectivity index (χ0n) is 18.2. The van der Waals surface area contributed by atoms with E-state index in [1.165, 1.54) is 15.5 Å². The number of carbonyl (C=O) groups is 1. The van der Waals surface area contributed by atoms with Crippen molar-refractivity contribution in [1.82, 2.24) is 19.5 Å². The number of carbonyl (C=O) groups excluding carboxylic acids is 1. The fourth-order valence-corrected chi connectivity index (χ4v) is 3.88. The Morgan fingerprint density at radius 2 is 1.90 bits per heavy atom. The molecule has 0 unspecified atom stereocenters. The van der Waals surface area contributed by atoms with Gasteiger partial charge in [0, 0.05) is 24.8 Å². The van der Waals surface area contributed by atoms with Crippen LogP contribution in [0.15, 0.2) is 25.6 Å². The Balaban J connectivity index is 2.34. The highest BCUT2D eigenvalue weighted by atomic mass is 32.2. The summed E-state index contributed by atoms with van der Waals surface area (Å²) >= 11 is 1.09. The van der Waals surface area contributed by atoms with Crippen LogP contribution in [0.3, 0.4) is 0 Å². The summed E-state index contributed by atoms with van der Waals surface area (Å²) in [5.41, 5.74) is 5.22. The van der Waals surface area contributed by atoms with E-state index >= 15 is 0 Å². The third kappa shape index (κ3) is 6.33.